The summed E-state index contributed by atoms with van der Waals surface area (Å²) in [6.07, 6.45) is 0. The summed E-state index contributed by atoms with van der Waals surface area (Å²) in [6.45, 7) is 6.36. The first kappa shape index (κ1) is 17.9. The standard InChI is InChI=1S/C18H20ClN3O2S/c1-12-4-5-16-11-17(7-6-15(16)10-12)25(23,24)20-8-9-22-14(3)18(19)13(2)21-22/h4-7,10-11,20H,8-9H2,1-3H3. The summed E-state index contributed by atoms with van der Waals surface area (Å²) in [7, 11) is -3.57. The third-order valence-electron chi connectivity index (χ3n) is 4.19. The average molecular weight is 378 g/mol. The third-order valence-corrected chi connectivity index (χ3v) is 6.19. The van der Waals surface area contributed by atoms with Gasteiger partial charge in [0.15, 0.2) is 0 Å². The number of hydrogen-bond donors (Lipinski definition) is 1. The van der Waals surface area contributed by atoms with Crippen LogP contribution in [-0.4, -0.2) is 24.7 Å². The van der Waals surface area contributed by atoms with Crippen molar-refractivity contribution in [1.82, 2.24) is 14.5 Å². The second kappa shape index (κ2) is 6.78. The SMILES string of the molecule is Cc1ccc2cc(S(=O)(=O)NCCn3nc(C)c(Cl)c3C)ccc2c1. The van der Waals surface area contributed by atoms with E-state index in [-0.39, 0.29) is 11.4 Å². The summed E-state index contributed by atoms with van der Waals surface area (Å²) in [4.78, 5) is 0.259. The van der Waals surface area contributed by atoms with Crippen molar-refractivity contribution in [2.45, 2.75) is 32.2 Å². The number of sulfonamides is 1. The van der Waals surface area contributed by atoms with Gasteiger partial charge in [0, 0.05) is 6.54 Å². The molecule has 3 aromatic rings. The topological polar surface area (TPSA) is 64.0 Å². The number of hydrogen-bond acceptors (Lipinski definition) is 3. The minimum absolute atomic E-state index is 0.243. The second-order valence-corrected chi connectivity index (χ2v) is 8.26. The van der Waals surface area contributed by atoms with Crippen molar-refractivity contribution in [3.05, 3.63) is 58.4 Å². The van der Waals surface area contributed by atoms with Crippen molar-refractivity contribution < 1.29 is 8.42 Å². The molecule has 0 amide bonds. The van der Waals surface area contributed by atoms with Crippen LogP contribution in [0.25, 0.3) is 10.8 Å². The van der Waals surface area contributed by atoms with Crippen LogP contribution in [0.1, 0.15) is 17.0 Å². The zero-order valence-electron chi connectivity index (χ0n) is 14.4. The van der Waals surface area contributed by atoms with E-state index >= 15 is 0 Å². The zero-order chi connectivity index (χ0) is 18.2. The van der Waals surface area contributed by atoms with Crippen LogP contribution in [0.15, 0.2) is 41.3 Å². The van der Waals surface area contributed by atoms with Crippen molar-refractivity contribution in [1.29, 1.82) is 0 Å². The lowest BCUT2D eigenvalue weighted by Crippen LogP contribution is -2.28. The molecule has 0 spiro atoms. The maximum atomic E-state index is 12.5. The molecule has 132 valence electrons. The zero-order valence-corrected chi connectivity index (χ0v) is 15.9. The quantitative estimate of drug-likeness (QED) is 0.738. The summed E-state index contributed by atoms with van der Waals surface area (Å²) >= 11 is 6.11. The Morgan fingerprint density at radius 3 is 2.44 bits per heavy atom. The van der Waals surface area contributed by atoms with Crippen LogP contribution in [0.4, 0.5) is 0 Å². The summed E-state index contributed by atoms with van der Waals surface area (Å²) in [5, 5.41) is 6.85. The lowest BCUT2D eigenvalue weighted by Gasteiger charge is -2.09. The normalized spacial score (nSPS) is 12.0. The van der Waals surface area contributed by atoms with Gasteiger partial charge in [0.05, 0.1) is 27.9 Å². The highest BCUT2D eigenvalue weighted by atomic mass is 35.5. The Hall–Kier alpha value is -1.89. The molecule has 1 aromatic heterocycles. The van der Waals surface area contributed by atoms with Crippen LogP contribution in [0.3, 0.4) is 0 Å². The highest BCUT2D eigenvalue weighted by Gasteiger charge is 2.15. The van der Waals surface area contributed by atoms with Gasteiger partial charge in [-0.05, 0) is 43.7 Å². The Labute approximate surface area is 152 Å². The Morgan fingerprint density at radius 1 is 1.08 bits per heavy atom. The van der Waals surface area contributed by atoms with Gasteiger partial charge in [-0.3, -0.25) is 4.68 Å². The fourth-order valence-electron chi connectivity index (χ4n) is 2.77. The van der Waals surface area contributed by atoms with Crippen molar-refractivity contribution >= 4 is 32.4 Å². The number of aryl methyl sites for hydroxylation is 2. The minimum Gasteiger partial charge on any atom is -0.267 e. The molecule has 2 aromatic carbocycles. The molecule has 3 rings (SSSR count). The first-order valence-corrected chi connectivity index (χ1v) is 9.83. The van der Waals surface area contributed by atoms with E-state index in [1.54, 1.807) is 16.8 Å². The molecule has 0 aliphatic rings. The monoisotopic (exact) mass is 377 g/mol. The lowest BCUT2D eigenvalue weighted by atomic mass is 10.1. The van der Waals surface area contributed by atoms with Crippen LogP contribution in [0.2, 0.25) is 5.02 Å². The molecule has 0 aliphatic carbocycles. The van der Waals surface area contributed by atoms with E-state index in [0.717, 1.165) is 27.7 Å². The molecule has 0 atom stereocenters. The van der Waals surface area contributed by atoms with E-state index in [2.05, 4.69) is 9.82 Å². The van der Waals surface area contributed by atoms with E-state index in [9.17, 15) is 8.42 Å². The van der Waals surface area contributed by atoms with E-state index in [4.69, 9.17) is 11.6 Å². The van der Waals surface area contributed by atoms with Crippen LogP contribution < -0.4 is 4.72 Å². The van der Waals surface area contributed by atoms with E-state index in [1.807, 2.05) is 45.0 Å². The van der Waals surface area contributed by atoms with Crippen molar-refractivity contribution in [2.24, 2.45) is 0 Å². The average Bonchev–Trinajstić information content (AvgIpc) is 2.81. The molecule has 0 bridgehead atoms. The van der Waals surface area contributed by atoms with Gasteiger partial charge in [0.25, 0.3) is 0 Å². The van der Waals surface area contributed by atoms with Crippen LogP contribution in [-0.2, 0) is 16.6 Å². The molecule has 1 N–H and O–H groups in total. The predicted molar refractivity (Wildman–Crippen MR) is 101 cm³/mol. The van der Waals surface area contributed by atoms with Gasteiger partial charge >= 0.3 is 0 Å². The molecular weight excluding hydrogens is 358 g/mol. The molecule has 0 aliphatic heterocycles. The van der Waals surface area contributed by atoms with E-state index < -0.39 is 10.0 Å². The Morgan fingerprint density at radius 2 is 1.76 bits per heavy atom. The van der Waals surface area contributed by atoms with Gasteiger partial charge in [0.1, 0.15) is 0 Å². The molecule has 5 nitrogen and oxygen atoms in total. The summed E-state index contributed by atoms with van der Waals surface area (Å²) in [6, 6.07) is 11.1. The maximum Gasteiger partial charge on any atom is 0.240 e. The Kier molecular flexibility index (Phi) is 4.86. The smallest absolute Gasteiger partial charge is 0.240 e. The van der Waals surface area contributed by atoms with Crippen LogP contribution in [0.5, 0.6) is 0 Å². The van der Waals surface area contributed by atoms with Crippen molar-refractivity contribution in [2.75, 3.05) is 6.54 Å². The van der Waals surface area contributed by atoms with Gasteiger partial charge in [-0.15, -0.1) is 0 Å². The number of nitrogens with one attached hydrogen (secondary N) is 1. The first-order chi connectivity index (χ1) is 11.8. The molecular formula is C18H20ClN3O2S. The van der Waals surface area contributed by atoms with Gasteiger partial charge in [0.2, 0.25) is 10.0 Å². The first-order valence-electron chi connectivity index (χ1n) is 7.97. The number of aromatic nitrogens is 2. The fraction of sp³-hybridized carbons (Fsp3) is 0.278. The third kappa shape index (κ3) is 3.71. The van der Waals surface area contributed by atoms with Crippen molar-refractivity contribution in [3.8, 4) is 0 Å². The van der Waals surface area contributed by atoms with Gasteiger partial charge in [-0.25, -0.2) is 13.1 Å². The number of nitrogens with zero attached hydrogens (tertiary/aromatic N) is 2. The van der Waals surface area contributed by atoms with Crippen LogP contribution in [0, 0.1) is 20.8 Å². The summed E-state index contributed by atoms with van der Waals surface area (Å²) in [5.41, 5.74) is 2.72. The minimum atomic E-state index is -3.57. The molecule has 1 heterocycles. The predicted octanol–water partition coefficient (Wildman–Crippen LogP) is 3.59. The van der Waals surface area contributed by atoms with E-state index in [1.165, 1.54) is 0 Å². The van der Waals surface area contributed by atoms with Gasteiger partial charge in [-0.2, -0.15) is 5.10 Å². The Balaban J connectivity index is 1.75. The highest BCUT2D eigenvalue weighted by molar-refractivity contribution is 7.89. The fourth-order valence-corrected chi connectivity index (χ4v) is 3.96. The largest absolute Gasteiger partial charge is 0.267 e. The maximum absolute atomic E-state index is 12.5. The molecule has 7 heteroatoms. The highest BCUT2D eigenvalue weighted by Crippen LogP contribution is 2.21. The summed E-state index contributed by atoms with van der Waals surface area (Å²) in [5.74, 6) is 0. The number of fused-ring (bicyclic) bond motifs is 1. The molecule has 0 radical (unpaired) electrons. The molecule has 0 saturated carbocycles. The lowest BCUT2D eigenvalue weighted by molar-refractivity contribution is 0.554. The number of rotatable bonds is 5. The molecule has 0 saturated heterocycles. The van der Waals surface area contributed by atoms with Crippen molar-refractivity contribution in [3.63, 3.8) is 0 Å². The molecule has 0 fully saturated rings. The summed E-state index contributed by atoms with van der Waals surface area (Å²) < 4.78 is 29.4. The molecule has 25 heavy (non-hydrogen) atoms. The van der Waals surface area contributed by atoms with Gasteiger partial charge < -0.3 is 0 Å². The molecule has 0 unspecified atom stereocenters. The van der Waals surface area contributed by atoms with Gasteiger partial charge in [-0.1, -0.05) is 41.4 Å². The second-order valence-electron chi connectivity index (χ2n) is 6.12. The number of halogens is 1. The Bertz CT molecular complexity index is 1040. The number of benzene rings is 2. The van der Waals surface area contributed by atoms with Crippen LogP contribution >= 0.6 is 11.6 Å². The van der Waals surface area contributed by atoms with E-state index in [0.29, 0.717) is 11.6 Å².